The summed E-state index contributed by atoms with van der Waals surface area (Å²) in [5.41, 5.74) is 0. The van der Waals surface area contributed by atoms with Gasteiger partial charge in [-0.1, -0.05) is 294 Å². The molecule has 6 nitrogen and oxygen atoms in total. The summed E-state index contributed by atoms with van der Waals surface area (Å²) in [6, 6.07) is -0.627. The summed E-state index contributed by atoms with van der Waals surface area (Å²) in [6.45, 7) is 4.84. The Bertz CT molecular complexity index is 1230. The van der Waals surface area contributed by atoms with Gasteiger partial charge in [0.15, 0.2) is 0 Å². The second kappa shape index (κ2) is 62.4. The highest BCUT2D eigenvalue weighted by Gasteiger charge is 2.18. The van der Waals surface area contributed by atoms with E-state index in [0.717, 1.165) is 51.4 Å². The van der Waals surface area contributed by atoms with Crippen molar-refractivity contribution in [2.45, 2.75) is 353 Å². The normalized spacial score (nSPS) is 12.9. The Hall–Kier alpha value is -2.18. The highest BCUT2D eigenvalue weighted by atomic mass is 16.5. The van der Waals surface area contributed by atoms with E-state index in [1.807, 2.05) is 6.08 Å². The van der Waals surface area contributed by atoms with E-state index in [0.29, 0.717) is 19.4 Å². The average Bonchev–Trinajstić information content (AvgIpc) is 3.39. The van der Waals surface area contributed by atoms with E-state index in [1.165, 1.54) is 263 Å². The van der Waals surface area contributed by atoms with Gasteiger partial charge < -0.3 is 20.3 Å². The van der Waals surface area contributed by atoms with Crippen molar-refractivity contribution in [3.63, 3.8) is 0 Å². The highest BCUT2D eigenvalue weighted by molar-refractivity contribution is 5.76. The molecular formula is C67H125NO5. The van der Waals surface area contributed by atoms with Crippen LogP contribution >= 0.6 is 0 Å². The average molecular weight is 1020 g/mol. The third-order valence-electron chi connectivity index (χ3n) is 14.8. The maximum atomic E-state index is 12.5. The Labute approximate surface area is 455 Å². The van der Waals surface area contributed by atoms with Gasteiger partial charge in [0.25, 0.3) is 0 Å². The molecule has 3 N–H and O–H groups in total. The minimum absolute atomic E-state index is 0.000471. The third kappa shape index (κ3) is 58.9. The zero-order chi connectivity index (χ0) is 52.9. The molecule has 0 aromatic heterocycles. The summed E-state index contributed by atoms with van der Waals surface area (Å²) in [5, 5.41) is 23.1. The number of hydrogen-bond acceptors (Lipinski definition) is 5. The molecule has 0 spiro atoms. The summed E-state index contributed by atoms with van der Waals surface area (Å²) >= 11 is 0. The Morgan fingerprint density at radius 2 is 0.712 bits per heavy atom. The van der Waals surface area contributed by atoms with Gasteiger partial charge in [-0.25, -0.2) is 0 Å². The van der Waals surface area contributed by atoms with E-state index in [2.05, 4.69) is 55.6 Å². The highest BCUT2D eigenvalue weighted by Crippen LogP contribution is 2.17. The van der Waals surface area contributed by atoms with Crippen LogP contribution in [0.2, 0.25) is 0 Å². The lowest BCUT2D eigenvalue weighted by Gasteiger charge is -2.20. The molecule has 73 heavy (non-hydrogen) atoms. The number of esters is 1. The molecule has 0 saturated carbocycles. The number of hydrogen-bond donors (Lipinski definition) is 3. The minimum atomic E-state index is -0.844. The zero-order valence-electron chi connectivity index (χ0n) is 48.9. The van der Waals surface area contributed by atoms with E-state index in [-0.39, 0.29) is 18.5 Å². The molecule has 0 rings (SSSR count). The van der Waals surface area contributed by atoms with Crippen molar-refractivity contribution in [1.29, 1.82) is 0 Å². The lowest BCUT2D eigenvalue weighted by molar-refractivity contribution is -0.143. The van der Waals surface area contributed by atoms with E-state index in [9.17, 15) is 19.8 Å². The second-order valence-corrected chi connectivity index (χ2v) is 22.1. The molecule has 0 radical (unpaired) electrons. The number of aliphatic hydroxyl groups excluding tert-OH is 2. The molecule has 0 aliphatic carbocycles. The van der Waals surface area contributed by atoms with Crippen molar-refractivity contribution in [2.24, 2.45) is 0 Å². The van der Waals surface area contributed by atoms with Crippen LogP contribution in [-0.4, -0.2) is 47.4 Å². The van der Waals surface area contributed by atoms with E-state index < -0.39 is 12.1 Å². The smallest absolute Gasteiger partial charge is 0.305 e. The SMILES string of the molecule is CCC/C=C\C/C=C\CCCCCCCC(=O)OCCCCCCCCCCCCCC/C=C\CCCCCCCCCCCCCCCC(=O)NC(CO)C(O)/C=C/CCCCCCCCCCCCCC. The number of carbonyl (C=O) groups excluding carboxylic acids is 2. The first-order valence-corrected chi connectivity index (χ1v) is 32.4. The number of aliphatic hydroxyl groups is 2. The third-order valence-corrected chi connectivity index (χ3v) is 14.8. The molecule has 428 valence electrons. The molecule has 2 atom stereocenters. The Balaban J connectivity index is 3.39. The number of amides is 1. The molecule has 1 amide bonds. The molecule has 0 saturated heterocycles. The van der Waals surface area contributed by atoms with E-state index >= 15 is 0 Å². The fourth-order valence-electron chi connectivity index (χ4n) is 9.84. The molecule has 0 fully saturated rings. The predicted octanol–water partition coefficient (Wildman–Crippen LogP) is 20.5. The minimum Gasteiger partial charge on any atom is -0.466 e. The van der Waals surface area contributed by atoms with Crippen molar-refractivity contribution < 1.29 is 24.5 Å². The van der Waals surface area contributed by atoms with Gasteiger partial charge >= 0.3 is 5.97 Å². The number of carbonyl (C=O) groups is 2. The first kappa shape index (κ1) is 70.8. The van der Waals surface area contributed by atoms with Gasteiger partial charge in [0.2, 0.25) is 5.91 Å². The Morgan fingerprint density at radius 1 is 0.384 bits per heavy atom. The van der Waals surface area contributed by atoms with Crippen LogP contribution in [-0.2, 0) is 14.3 Å². The number of rotatable bonds is 60. The largest absolute Gasteiger partial charge is 0.466 e. The van der Waals surface area contributed by atoms with Crippen LogP contribution in [0.15, 0.2) is 48.6 Å². The van der Waals surface area contributed by atoms with E-state index in [1.54, 1.807) is 6.08 Å². The van der Waals surface area contributed by atoms with Crippen LogP contribution in [0.25, 0.3) is 0 Å². The molecule has 0 aromatic rings. The van der Waals surface area contributed by atoms with Gasteiger partial charge in [0.05, 0.1) is 25.4 Å². The number of nitrogens with one attached hydrogen (secondary N) is 1. The summed E-state index contributed by atoms with van der Waals surface area (Å²) in [5.74, 6) is -0.0660. The van der Waals surface area contributed by atoms with Gasteiger partial charge in [0.1, 0.15) is 0 Å². The van der Waals surface area contributed by atoms with Crippen LogP contribution in [0.1, 0.15) is 341 Å². The molecular weight excluding hydrogens is 899 g/mol. The lowest BCUT2D eigenvalue weighted by atomic mass is 10.0. The molecule has 0 aliphatic heterocycles. The van der Waals surface area contributed by atoms with Crippen molar-refractivity contribution >= 4 is 11.9 Å². The summed E-state index contributed by atoms with van der Waals surface area (Å²) in [4.78, 5) is 24.5. The zero-order valence-corrected chi connectivity index (χ0v) is 48.9. The fourth-order valence-corrected chi connectivity index (χ4v) is 9.84. The summed E-state index contributed by atoms with van der Waals surface area (Å²) in [7, 11) is 0. The second-order valence-electron chi connectivity index (χ2n) is 22.1. The molecule has 0 aliphatic rings. The van der Waals surface area contributed by atoms with Gasteiger partial charge in [0, 0.05) is 12.8 Å². The van der Waals surface area contributed by atoms with Crippen LogP contribution in [0.3, 0.4) is 0 Å². The molecule has 0 bridgehead atoms. The maximum Gasteiger partial charge on any atom is 0.305 e. The number of ether oxygens (including phenoxy) is 1. The fraction of sp³-hybridized carbons (Fsp3) is 0.851. The molecule has 6 heteroatoms. The molecule has 0 aromatic carbocycles. The summed E-state index contributed by atoms with van der Waals surface area (Å²) in [6.07, 6.45) is 80.3. The maximum absolute atomic E-state index is 12.5. The van der Waals surface area contributed by atoms with Gasteiger partial charge in [-0.3, -0.25) is 9.59 Å². The summed E-state index contributed by atoms with van der Waals surface area (Å²) < 4.78 is 5.47. The standard InChI is InChI=1S/C67H125NO5/c1-3-5-7-9-11-13-15-17-36-39-43-47-51-55-59-65(70)64(63-69)68-66(71)60-56-52-48-44-40-37-33-31-29-27-25-23-21-19-18-20-22-24-26-28-30-32-34-38-42-46-50-54-58-62-73-67(72)61-57-53-49-45-41-35-16-14-12-10-8-6-4-2/h8,10,14,16,18,20,55,59,64-65,69-70H,3-7,9,11-13,15,17,19,21-54,56-58,60-63H2,1-2H3,(H,68,71)/b10-8-,16-14-,20-18-,59-55+. The first-order chi connectivity index (χ1) is 36.0. The van der Waals surface area contributed by atoms with Crippen molar-refractivity contribution in [3.05, 3.63) is 48.6 Å². The number of allylic oxidation sites excluding steroid dienone is 7. The van der Waals surface area contributed by atoms with Crippen LogP contribution in [0.5, 0.6) is 0 Å². The van der Waals surface area contributed by atoms with E-state index in [4.69, 9.17) is 4.74 Å². The lowest BCUT2D eigenvalue weighted by Crippen LogP contribution is -2.45. The first-order valence-electron chi connectivity index (χ1n) is 32.4. The molecule has 2 unspecified atom stereocenters. The quantitative estimate of drug-likeness (QED) is 0.0320. The van der Waals surface area contributed by atoms with Crippen LogP contribution in [0, 0.1) is 0 Å². The molecule has 0 heterocycles. The van der Waals surface area contributed by atoms with Crippen molar-refractivity contribution in [3.8, 4) is 0 Å². The Kier molecular flexibility index (Phi) is 60.5. The monoisotopic (exact) mass is 1020 g/mol. The Morgan fingerprint density at radius 3 is 1.11 bits per heavy atom. The van der Waals surface area contributed by atoms with Crippen molar-refractivity contribution in [2.75, 3.05) is 13.2 Å². The topological polar surface area (TPSA) is 95.9 Å². The van der Waals surface area contributed by atoms with Gasteiger partial charge in [-0.2, -0.15) is 0 Å². The van der Waals surface area contributed by atoms with Crippen LogP contribution < -0.4 is 5.32 Å². The predicted molar refractivity (Wildman–Crippen MR) is 319 cm³/mol. The number of unbranched alkanes of at least 4 members (excludes halogenated alkanes) is 43. The van der Waals surface area contributed by atoms with Gasteiger partial charge in [-0.05, 0) is 83.5 Å². The van der Waals surface area contributed by atoms with Gasteiger partial charge in [-0.15, -0.1) is 0 Å². The van der Waals surface area contributed by atoms with Crippen molar-refractivity contribution in [1.82, 2.24) is 5.32 Å². The van der Waals surface area contributed by atoms with Crippen LogP contribution in [0.4, 0.5) is 0 Å².